The number of H-pyrrole nitrogens is 1. The highest BCUT2D eigenvalue weighted by atomic mass is 16.2. The van der Waals surface area contributed by atoms with Crippen LogP contribution in [-0.4, -0.2) is 42.5 Å². The summed E-state index contributed by atoms with van der Waals surface area (Å²) in [7, 11) is 0. The van der Waals surface area contributed by atoms with Gasteiger partial charge in [0.1, 0.15) is 5.82 Å². The minimum atomic E-state index is 0.0590. The van der Waals surface area contributed by atoms with Crippen LogP contribution < -0.4 is 5.32 Å². The number of amides is 1. The van der Waals surface area contributed by atoms with Gasteiger partial charge in [-0.1, -0.05) is 0 Å². The molecule has 4 heterocycles. The van der Waals surface area contributed by atoms with E-state index in [1.54, 1.807) is 19.3 Å². The number of pyridine rings is 1. The van der Waals surface area contributed by atoms with E-state index in [1.807, 2.05) is 30.0 Å². The summed E-state index contributed by atoms with van der Waals surface area (Å²) in [5.41, 5.74) is 4.73. The first-order valence-corrected chi connectivity index (χ1v) is 8.90. The molecule has 138 valence electrons. The van der Waals surface area contributed by atoms with Gasteiger partial charge in [-0.25, -0.2) is 9.97 Å². The Morgan fingerprint density at radius 2 is 2.26 bits per heavy atom. The quantitative estimate of drug-likeness (QED) is 0.736. The SMILES string of the molecule is CC(=O)N1CCc2c(nc(-c3cccnc3)nc2NCc2cc(C)[nH]n2)C1. The van der Waals surface area contributed by atoms with Crippen LogP contribution >= 0.6 is 0 Å². The van der Waals surface area contributed by atoms with Crippen LogP contribution in [-0.2, 0) is 24.3 Å². The number of fused-ring (bicyclic) bond motifs is 1. The van der Waals surface area contributed by atoms with Gasteiger partial charge in [-0.05, 0) is 31.5 Å². The molecule has 0 aliphatic carbocycles. The van der Waals surface area contributed by atoms with Crippen LogP contribution in [0.1, 0.15) is 29.6 Å². The normalized spacial score (nSPS) is 13.3. The number of aromatic nitrogens is 5. The van der Waals surface area contributed by atoms with Crippen molar-refractivity contribution in [2.24, 2.45) is 0 Å². The molecule has 3 aromatic rings. The fraction of sp³-hybridized carbons (Fsp3) is 0.316. The third kappa shape index (κ3) is 3.64. The first-order valence-electron chi connectivity index (χ1n) is 8.90. The summed E-state index contributed by atoms with van der Waals surface area (Å²) >= 11 is 0. The van der Waals surface area contributed by atoms with Crippen molar-refractivity contribution in [3.8, 4) is 11.4 Å². The molecule has 27 heavy (non-hydrogen) atoms. The number of carbonyl (C=O) groups is 1. The maximum absolute atomic E-state index is 11.8. The van der Waals surface area contributed by atoms with Gasteiger partial charge in [-0.2, -0.15) is 5.10 Å². The number of hydrogen-bond acceptors (Lipinski definition) is 6. The molecule has 0 fully saturated rings. The standard InChI is InChI=1S/C19H21N7O/c1-12-8-15(25-24-12)10-21-19-16-5-7-26(13(2)27)11-17(16)22-18(23-19)14-4-3-6-20-9-14/h3-4,6,8-9H,5,7,10-11H2,1-2H3,(H,24,25)(H,21,22,23). The number of hydrogen-bond donors (Lipinski definition) is 2. The molecule has 1 aliphatic heterocycles. The van der Waals surface area contributed by atoms with E-state index in [2.05, 4.69) is 20.5 Å². The van der Waals surface area contributed by atoms with Crippen molar-refractivity contribution in [1.82, 2.24) is 30.0 Å². The zero-order chi connectivity index (χ0) is 18.8. The highest BCUT2D eigenvalue weighted by molar-refractivity contribution is 5.74. The van der Waals surface area contributed by atoms with Crippen LogP contribution in [0.15, 0.2) is 30.6 Å². The van der Waals surface area contributed by atoms with Crippen molar-refractivity contribution in [3.05, 3.63) is 53.2 Å². The van der Waals surface area contributed by atoms with Gasteiger partial charge in [0.25, 0.3) is 0 Å². The molecule has 1 aliphatic rings. The second-order valence-corrected chi connectivity index (χ2v) is 6.65. The molecule has 0 aromatic carbocycles. The highest BCUT2D eigenvalue weighted by Crippen LogP contribution is 2.27. The molecule has 0 saturated carbocycles. The third-order valence-corrected chi connectivity index (χ3v) is 4.63. The molecule has 0 bridgehead atoms. The lowest BCUT2D eigenvalue weighted by Gasteiger charge is -2.28. The second kappa shape index (κ2) is 7.14. The fourth-order valence-electron chi connectivity index (χ4n) is 3.21. The number of nitrogens with zero attached hydrogens (tertiary/aromatic N) is 5. The third-order valence-electron chi connectivity index (χ3n) is 4.63. The molecule has 1 amide bonds. The minimum Gasteiger partial charge on any atom is -0.364 e. The lowest BCUT2D eigenvalue weighted by molar-refractivity contribution is -0.129. The number of anilines is 1. The summed E-state index contributed by atoms with van der Waals surface area (Å²) in [5, 5.41) is 10.6. The smallest absolute Gasteiger partial charge is 0.219 e. The van der Waals surface area contributed by atoms with Crippen molar-refractivity contribution >= 4 is 11.7 Å². The van der Waals surface area contributed by atoms with Gasteiger partial charge >= 0.3 is 0 Å². The van der Waals surface area contributed by atoms with Crippen LogP contribution in [0.5, 0.6) is 0 Å². The Hall–Kier alpha value is -3.29. The Balaban J connectivity index is 1.70. The van der Waals surface area contributed by atoms with Crippen molar-refractivity contribution in [2.75, 3.05) is 11.9 Å². The monoisotopic (exact) mass is 363 g/mol. The zero-order valence-corrected chi connectivity index (χ0v) is 15.4. The molecule has 0 atom stereocenters. The van der Waals surface area contributed by atoms with Gasteiger partial charge in [-0.15, -0.1) is 0 Å². The number of aromatic amines is 1. The average Bonchev–Trinajstić information content (AvgIpc) is 3.11. The largest absolute Gasteiger partial charge is 0.364 e. The predicted molar refractivity (Wildman–Crippen MR) is 101 cm³/mol. The van der Waals surface area contributed by atoms with Gasteiger partial charge in [0.05, 0.1) is 24.5 Å². The van der Waals surface area contributed by atoms with Gasteiger partial charge in [0.15, 0.2) is 5.82 Å². The van der Waals surface area contributed by atoms with Gasteiger partial charge < -0.3 is 10.2 Å². The van der Waals surface area contributed by atoms with Crippen LogP contribution in [0, 0.1) is 6.92 Å². The molecular weight excluding hydrogens is 342 g/mol. The Labute approximate surface area is 157 Å². The summed E-state index contributed by atoms with van der Waals surface area (Å²) in [6.07, 6.45) is 4.19. The average molecular weight is 363 g/mol. The Morgan fingerprint density at radius 3 is 2.96 bits per heavy atom. The molecular formula is C19H21N7O. The first-order chi connectivity index (χ1) is 13.1. The molecule has 3 aromatic heterocycles. The number of nitrogens with one attached hydrogen (secondary N) is 2. The van der Waals surface area contributed by atoms with Crippen LogP contribution in [0.2, 0.25) is 0 Å². The van der Waals surface area contributed by atoms with E-state index in [0.29, 0.717) is 25.5 Å². The summed E-state index contributed by atoms with van der Waals surface area (Å²) in [6.45, 7) is 5.30. The summed E-state index contributed by atoms with van der Waals surface area (Å²) < 4.78 is 0. The fourth-order valence-corrected chi connectivity index (χ4v) is 3.21. The lowest BCUT2D eigenvalue weighted by Crippen LogP contribution is -2.35. The van der Waals surface area contributed by atoms with E-state index in [-0.39, 0.29) is 5.91 Å². The van der Waals surface area contributed by atoms with Gasteiger partial charge in [-0.3, -0.25) is 14.9 Å². The molecule has 0 spiro atoms. The van der Waals surface area contributed by atoms with Gasteiger partial charge in [0, 0.05) is 42.7 Å². The first kappa shape index (κ1) is 17.1. The molecule has 2 N–H and O–H groups in total. The second-order valence-electron chi connectivity index (χ2n) is 6.65. The predicted octanol–water partition coefficient (Wildman–Crippen LogP) is 2.09. The van der Waals surface area contributed by atoms with Crippen LogP contribution in [0.25, 0.3) is 11.4 Å². The number of rotatable bonds is 4. The van der Waals surface area contributed by atoms with Crippen molar-refractivity contribution in [2.45, 2.75) is 33.4 Å². The minimum absolute atomic E-state index is 0.0590. The van der Waals surface area contributed by atoms with E-state index >= 15 is 0 Å². The van der Waals surface area contributed by atoms with E-state index in [4.69, 9.17) is 9.97 Å². The molecule has 0 saturated heterocycles. The van der Waals surface area contributed by atoms with Crippen molar-refractivity contribution in [3.63, 3.8) is 0 Å². The molecule has 8 nitrogen and oxygen atoms in total. The maximum atomic E-state index is 11.8. The number of carbonyl (C=O) groups excluding carboxylic acids is 1. The van der Waals surface area contributed by atoms with E-state index in [9.17, 15) is 4.79 Å². The van der Waals surface area contributed by atoms with E-state index < -0.39 is 0 Å². The van der Waals surface area contributed by atoms with Crippen molar-refractivity contribution < 1.29 is 4.79 Å². The van der Waals surface area contributed by atoms with E-state index in [0.717, 1.165) is 40.4 Å². The highest BCUT2D eigenvalue weighted by Gasteiger charge is 2.24. The topological polar surface area (TPSA) is 99.7 Å². The molecule has 0 unspecified atom stereocenters. The number of aryl methyl sites for hydroxylation is 1. The lowest BCUT2D eigenvalue weighted by atomic mass is 10.0. The summed E-state index contributed by atoms with van der Waals surface area (Å²) in [4.78, 5) is 27.3. The van der Waals surface area contributed by atoms with Crippen LogP contribution in [0.3, 0.4) is 0 Å². The zero-order valence-electron chi connectivity index (χ0n) is 15.4. The Bertz CT molecular complexity index is 967. The van der Waals surface area contributed by atoms with Gasteiger partial charge in [0.2, 0.25) is 5.91 Å². The summed E-state index contributed by atoms with van der Waals surface area (Å²) in [6, 6.07) is 5.79. The van der Waals surface area contributed by atoms with Crippen molar-refractivity contribution in [1.29, 1.82) is 0 Å². The van der Waals surface area contributed by atoms with E-state index in [1.165, 1.54) is 0 Å². The summed E-state index contributed by atoms with van der Waals surface area (Å²) in [5.74, 6) is 1.46. The Kier molecular flexibility index (Phi) is 4.53. The molecule has 0 radical (unpaired) electrons. The van der Waals surface area contributed by atoms with Crippen LogP contribution in [0.4, 0.5) is 5.82 Å². The maximum Gasteiger partial charge on any atom is 0.219 e. The molecule has 8 heteroatoms. The Morgan fingerprint density at radius 1 is 1.37 bits per heavy atom. The molecule has 4 rings (SSSR count).